The molecule has 0 unspecified atom stereocenters. The van der Waals surface area contributed by atoms with Crippen molar-refractivity contribution in [1.82, 2.24) is 20.6 Å². The topological polar surface area (TPSA) is 96.1 Å². The SMILES string of the molecule is COC(=O)N[C@H](C(=O)NC1(Cc2nc(C(C)C)c[nH]2)CCCC1)C(C)C. The second-order valence-corrected chi connectivity index (χ2v) is 7.94. The number of aromatic nitrogens is 2. The van der Waals surface area contributed by atoms with E-state index in [0.717, 1.165) is 37.2 Å². The molecule has 7 heteroatoms. The third-order valence-corrected chi connectivity index (χ3v) is 5.10. The minimum absolute atomic E-state index is 0.0382. The fraction of sp³-hybridized carbons (Fsp3) is 0.737. The van der Waals surface area contributed by atoms with Gasteiger partial charge >= 0.3 is 6.09 Å². The van der Waals surface area contributed by atoms with Crippen molar-refractivity contribution in [2.24, 2.45) is 5.92 Å². The number of carbonyl (C=O) groups excluding carboxylic acids is 2. The first-order valence-corrected chi connectivity index (χ1v) is 9.47. The Morgan fingerprint density at radius 1 is 1.27 bits per heavy atom. The van der Waals surface area contributed by atoms with Gasteiger partial charge in [-0.3, -0.25) is 4.79 Å². The van der Waals surface area contributed by atoms with Gasteiger partial charge in [0.25, 0.3) is 0 Å². The second-order valence-electron chi connectivity index (χ2n) is 7.94. The van der Waals surface area contributed by atoms with Gasteiger partial charge in [0.15, 0.2) is 0 Å². The summed E-state index contributed by atoms with van der Waals surface area (Å²) in [5.41, 5.74) is 0.723. The highest BCUT2D eigenvalue weighted by Crippen LogP contribution is 2.33. The second kappa shape index (κ2) is 8.56. The van der Waals surface area contributed by atoms with E-state index >= 15 is 0 Å². The van der Waals surface area contributed by atoms with E-state index in [1.54, 1.807) is 0 Å². The summed E-state index contributed by atoms with van der Waals surface area (Å²) in [7, 11) is 1.30. The molecule has 7 nitrogen and oxygen atoms in total. The molecule has 26 heavy (non-hydrogen) atoms. The van der Waals surface area contributed by atoms with E-state index in [2.05, 4.69) is 39.2 Å². The van der Waals surface area contributed by atoms with E-state index < -0.39 is 12.1 Å². The van der Waals surface area contributed by atoms with Crippen molar-refractivity contribution in [3.63, 3.8) is 0 Å². The Bertz CT molecular complexity index is 618. The van der Waals surface area contributed by atoms with Gasteiger partial charge in [0, 0.05) is 18.2 Å². The third-order valence-electron chi connectivity index (χ3n) is 5.10. The molecule has 1 atom stereocenters. The summed E-state index contributed by atoms with van der Waals surface area (Å²) in [5, 5.41) is 5.86. The van der Waals surface area contributed by atoms with Crippen LogP contribution in [0.1, 0.15) is 70.8 Å². The van der Waals surface area contributed by atoms with Gasteiger partial charge in [0.2, 0.25) is 5.91 Å². The summed E-state index contributed by atoms with van der Waals surface area (Å²) in [6.07, 6.45) is 6.02. The Labute approximate surface area is 155 Å². The van der Waals surface area contributed by atoms with E-state index in [9.17, 15) is 9.59 Å². The predicted octanol–water partition coefficient (Wildman–Crippen LogP) is 2.89. The average molecular weight is 364 g/mol. The molecule has 0 saturated heterocycles. The van der Waals surface area contributed by atoms with Crippen LogP contribution in [0.15, 0.2) is 6.20 Å². The Hall–Kier alpha value is -2.05. The number of carbonyl (C=O) groups is 2. The summed E-state index contributed by atoms with van der Waals surface area (Å²) >= 11 is 0. The molecule has 0 spiro atoms. The van der Waals surface area contributed by atoms with Crippen LogP contribution in [0.2, 0.25) is 0 Å². The van der Waals surface area contributed by atoms with E-state index in [0.29, 0.717) is 12.3 Å². The Morgan fingerprint density at radius 2 is 1.92 bits per heavy atom. The lowest BCUT2D eigenvalue weighted by Gasteiger charge is -2.32. The normalized spacial score (nSPS) is 17.3. The minimum atomic E-state index is -0.622. The number of rotatable bonds is 7. The van der Waals surface area contributed by atoms with Gasteiger partial charge in [-0.05, 0) is 24.7 Å². The number of imidazole rings is 1. The number of ether oxygens (including phenoxy) is 1. The molecule has 1 saturated carbocycles. The standard InChI is InChI=1S/C19H32N4O3/c1-12(2)14-11-20-15(21-14)10-19(8-6-7-9-19)23-17(24)16(13(3)4)22-18(25)26-5/h11-13,16H,6-10H2,1-5H3,(H,20,21)(H,22,25)(H,23,24)/t16-/m0/s1. The number of H-pyrrole nitrogens is 1. The molecule has 1 fully saturated rings. The summed E-state index contributed by atoms with van der Waals surface area (Å²) in [6, 6.07) is -0.622. The Kier molecular flexibility index (Phi) is 6.67. The maximum Gasteiger partial charge on any atom is 0.407 e. The zero-order valence-corrected chi connectivity index (χ0v) is 16.5. The molecule has 2 amide bonds. The lowest BCUT2D eigenvalue weighted by Crippen LogP contribution is -2.57. The number of methoxy groups -OCH3 is 1. The van der Waals surface area contributed by atoms with Crippen LogP contribution in [-0.2, 0) is 16.0 Å². The maximum atomic E-state index is 12.9. The van der Waals surface area contributed by atoms with Crippen LogP contribution in [-0.4, -0.2) is 40.7 Å². The number of hydrogen-bond acceptors (Lipinski definition) is 4. The number of nitrogens with zero attached hydrogens (tertiary/aromatic N) is 1. The largest absolute Gasteiger partial charge is 0.453 e. The van der Waals surface area contributed by atoms with E-state index in [1.807, 2.05) is 20.0 Å². The van der Waals surface area contributed by atoms with Gasteiger partial charge in [0.1, 0.15) is 11.9 Å². The molecule has 0 aromatic carbocycles. The van der Waals surface area contributed by atoms with Crippen LogP contribution in [0.5, 0.6) is 0 Å². The van der Waals surface area contributed by atoms with E-state index in [4.69, 9.17) is 0 Å². The fourth-order valence-corrected chi connectivity index (χ4v) is 3.54. The molecule has 0 bridgehead atoms. The molecular formula is C19H32N4O3. The predicted molar refractivity (Wildman–Crippen MR) is 99.9 cm³/mol. The van der Waals surface area contributed by atoms with Gasteiger partial charge in [-0.15, -0.1) is 0 Å². The summed E-state index contributed by atoms with van der Waals surface area (Å²) < 4.78 is 4.65. The molecule has 1 aliphatic carbocycles. The maximum absolute atomic E-state index is 12.9. The number of nitrogens with one attached hydrogen (secondary N) is 3. The van der Waals surface area contributed by atoms with Gasteiger partial charge in [-0.1, -0.05) is 40.5 Å². The van der Waals surface area contributed by atoms with Crippen LogP contribution in [0.25, 0.3) is 0 Å². The molecule has 1 aromatic heterocycles. The van der Waals surface area contributed by atoms with Crippen LogP contribution in [0.3, 0.4) is 0 Å². The lowest BCUT2D eigenvalue weighted by atomic mass is 9.91. The van der Waals surface area contributed by atoms with Gasteiger partial charge in [0.05, 0.1) is 12.8 Å². The molecule has 1 aromatic rings. The Balaban J connectivity index is 2.12. The molecule has 3 N–H and O–H groups in total. The molecular weight excluding hydrogens is 332 g/mol. The number of amides is 2. The number of aromatic amines is 1. The highest BCUT2D eigenvalue weighted by Gasteiger charge is 2.38. The Morgan fingerprint density at radius 3 is 2.42 bits per heavy atom. The van der Waals surface area contributed by atoms with E-state index in [-0.39, 0.29) is 17.4 Å². The third kappa shape index (κ3) is 4.99. The van der Waals surface area contributed by atoms with Crippen molar-refractivity contribution in [1.29, 1.82) is 0 Å². The number of hydrogen-bond donors (Lipinski definition) is 3. The molecule has 1 heterocycles. The fourth-order valence-electron chi connectivity index (χ4n) is 3.54. The first-order chi connectivity index (χ1) is 12.3. The van der Waals surface area contributed by atoms with Crippen LogP contribution in [0.4, 0.5) is 4.79 Å². The van der Waals surface area contributed by atoms with Crippen LogP contribution in [0, 0.1) is 5.92 Å². The summed E-state index contributed by atoms with van der Waals surface area (Å²) in [4.78, 5) is 32.4. The molecule has 0 radical (unpaired) electrons. The van der Waals surface area contributed by atoms with Gasteiger partial charge in [-0.2, -0.15) is 0 Å². The minimum Gasteiger partial charge on any atom is -0.453 e. The van der Waals surface area contributed by atoms with Crippen molar-refractivity contribution < 1.29 is 14.3 Å². The lowest BCUT2D eigenvalue weighted by molar-refractivity contribution is -0.126. The quantitative estimate of drug-likeness (QED) is 0.693. The average Bonchev–Trinajstić information content (AvgIpc) is 3.22. The highest BCUT2D eigenvalue weighted by molar-refractivity contribution is 5.86. The van der Waals surface area contributed by atoms with Gasteiger partial charge in [-0.25, -0.2) is 9.78 Å². The van der Waals surface area contributed by atoms with Crippen molar-refractivity contribution in [3.8, 4) is 0 Å². The van der Waals surface area contributed by atoms with Crippen molar-refractivity contribution in [2.45, 2.75) is 77.3 Å². The zero-order valence-electron chi connectivity index (χ0n) is 16.5. The molecule has 2 rings (SSSR count). The van der Waals surface area contributed by atoms with Crippen molar-refractivity contribution in [3.05, 3.63) is 17.7 Å². The molecule has 146 valence electrons. The van der Waals surface area contributed by atoms with E-state index in [1.165, 1.54) is 7.11 Å². The highest BCUT2D eigenvalue weighted by atomic mass is 16.5. The van der Waals surface area contributed by atoms with Crippen molar-refractivity contribution >= 4 is 12.0 Å². The number of alkyl carbamates (subject to hydrolysis) is 1. The summed E-state index contributed by atoms with van der Waals surface area (Å²) in [6.45, 7) is 8.03. The molecule has 0 aliphatic heterocycles. The van der Waals surface area contributed by atoms with Crippen LogP contribution >= 0.6 is 0 Å². The smallest absolute Gasteiger partial charge is 0.407 e. The van der Waals surface area contributed by atoms with Gasteiger partial charge < -0.3 is 20.4 Å². The zero-order chi connectivity index (χ0) is 19.3. The first-order valence-electron chi connectivity index (χ1n) is 9.47. The first kappa shape index (κ1) is 20.3. The summed E-state index contributed by atoms with van der Waals surface area (Å²) in [5.74, 6) is 1.06. The van der Waals surface area contributed by atoms with Crippen molar-refractivity contribution in [2.75, 3.05) is 7.11 Å². The molecule has 1 aliphatic rings. The monoisotopic (exact) mass is 364 g/mol. The van der Waals surface area contributed by atoms with Crippen LogP contribution < -0.4 is 10.6 Å².